The zero-order valence-corrected chi connectivity index (χ0v) is 8.24. The molecule has 84 valence electrons. The van der Waals surface area contributed by atoms with Gasteiger partial charge in [-0.15, -0.1) is 0 Å². The smallest absolute Gasteiger partial charge is 0.324 e. The normalized spacial score (nSPS) is 14.0. The summed E-state index contributed by atoms with van der Waals surface area (Å²) in [5.74, 6) is -0.820. The Morgan fingerprint density at radius 1 is 1.33 bits per heavy atom. The number of benzene rings is 1. The van der Waals surface area contributed by atoms with E-state index >= 15 is 0 Å². The van der Waals surface area contributed by atoms with Gasteiger partial charge in [-0.2, -0.15) is 13.2 Å². The van der Waals surface area contributed by atoms with E-state index in [1.165, 1.54) is 12.1 Å². The second-order valence-electron chi connectivity index (χ2n) is 3.06. The quantitative estimate of drug-likeness (QED) is 0.789. The Morgan fingerprint density at radius 3 is 2.40 bits per heavy atom. The lowest BCUT2D eigenvalue weighted by Crippen LogP contribution is -2.21. The summed E-state index contributed by atoms with van der Waals surface area (Å²) in [4.78, 5) is 0. The second-order valence-corrected chi connectivity index (χ2v) is 3.47. The molecule has 1 atom stereocenters. The molecule has 6 heteroatoms. The van der Waals surface area contributed by atoms with Gasteiger partial charge in [0.1, 0.15) is 5.82 Å². The molecule has 0 bridgehead atoms. The minimum atomic E-state index is -4.44. The van der Waals surface area contributed by atoms with E-state index in [0.29, 0.717) is 0 Å². The maximum Gasteiger partial charge on any atom is 0.390 e. The van der Waals surface area contributed by atoms with E-state index in [1.54, 1.807) is 0 Å². The standard InChI is InChI=1S/C9H8ClF4N/c10-5-2-1-3-6(11)8(5)7(15)4-9(12,13)14/h1-3,7H,4,15H2/t7-/m0/s1. The van der Waals surface area contributed by atoms with Crippen molar-refractivity contribution >= 4 is 11.6 Å². The van der Waals surface area contributed by atoms with Crippen LogP contribution in [0.1, 0.15) is 18.0 Å². The molecule has 0 spiro atoms. The van der Waals surface area contributed by atoms with Crippen LogP contribution in [0.15, 0.2) is 18.2 Å². The topological polar surface area (TPSA) is 26.0 Å². The van der Waals surface area contributed by atoms with Crippen LogP contribution in [0.5, 0.6) is 0 Å². The highest BCUT2D eigenvalue weighted by Gasteiger charge is 2.32. The lowest BCUT2D eigenvalue weighted by molar-refractivity contribution is -0.138. The van der Waals surface area contributed by atoms with E-state index in [2.05, 4.69) is 0 Å². The van der Waals surface area contributed by atoms with Crippen LogP contribution in [-0.4, -0.2) is 6.18 Å². The number of rotatable bonds is 2. The molecule has 1 aromatic rings. The van der Waals surface area contributed by atoms with Crippen molar-refractivity contribution in [2.24, 2.45) is 5.73 Å². The van der Waals surface area contributed by atoms with E-state index in [1.807, 2.05) is 0 Å². The van der Waals surface area contributed by atoms with E-state index in [0.717, 1.165) is 6.07 Å². The first-order valence-corrected chi connectivity index (χ1v) is 4.45. The Bertz CT molecular complexity index is 330. The van der Waals surface area contributed by atoms with Crippen LogP contribution in [0.2, 0.25) is 5.02 Å². The molecule has 0 radical (unpaired) electrons. The van der Waals surface area contributed by atoms with Crippen LogP contribution in [0, 0.1) is 5.82 Å². The molecule has 0 aliphatic carbocycles. The summed E-state index contributed by atoms with van der Waals surface area (Å²) in [5, 5.41) is -0.0910. The minimum Gasteiger partial charge on any atom is -0.324 e. The van der Waals surface area contributed by atoms with Crippen molar-refractivity contribution < 1.29 is 17.6 Å². The highest BCUT2D eigenvalue weighted by molar-refractivity contribution is 6.31. The molecule has 0 aliphatic rings. The van der Waals surface area contributed by atoms with Gasteiger partial charge in [-0.25, -0.2) is 4.39 Å². The highest BCUT2D eigenvalue weighted by Crippen LogP contribution is 2.32. The van der Waals surface area contributed by atoms with Gasteiger partial charge in [0.2, 0.25) is 0 Å². The Kier molecular flexibility index (Phi) is 3.57. The van der Waals surface area contributed by atoms with Crippen molar-refractivity contribution in [2.75, 3.05) is 0 Å². The summed E-state index contributed by atoms with van der Waals surface area (Å²) in [7, 11) is 0. The van der Waals surface area contributed by atoms with Crippen molar-refractivity contribution in [1.29, 1.82) is 0 Å². The summed E-state index contributed by atoms with van der Waals surface area (Å²) < 4.78 is 49.2. The fourth-order valence-corrected chi connectivity index (χ4v) is 1.52. The third-order valence-corrected chi connectivity index (χ3v) is 2.15. The molecule has 0 aromatic heterocycles. The number of hydrogen-bond acceptors (Lipinski definition) is 1. The van der Waals surface area contributed by atoms with Gasteiger partial charge in [-0.1, -0.05) is 17.7 Å². The molecular formula is C9H8ClF4N. The van der Waals surface area contributed by atoms with E-state index in [9.17, 15) is 17.6 Å². The summed E-state index contributed by atoms with van der Waals surface area (Å²) in [5.41, 5.74) is 4.94. The average molecular weight is 242 g/mol. The summed E-state index contributed by atoms with van der Waals surface area (Å²) in [6, 6.07) is 2.16. The van der Waals surface area contributed by atoms with Gasteiger partial charge in [-0.05, 0) is 12.1 Å². The summed E-state index contributed by atoms with van der Waals surface area (Å²) in [6.07, 6.45) is -5.74. The predicted molar refractivity (Wildman–Crippen MR) is 49.0 cm³/mol. The lowest BCUT2D eigenvalue weighted by atomic mass is 10.0. The van der Waals surface area contributed by atoms with Crippen LogP contribution < -0.4 is 5.73 Å². The van der Waals surface area contributed by atoms with Crippen molar-refractivity contribution in [3.8, 4) is 0 Å². The molecule has 0 amide bonds. The maximum absolute atomic E-state index is 13.1. The molecule has 15 heavy (non-hydrogen) atoms. The molecule has 2 N–H and O–H groups in total. The average Bonchev–Trinajstić information content (AvgIpc) is 1.99. The molecule has 1 rings (SSSR count). The van der Waals surface area contributed by atoms with Crippen molar-refractivity contribution in [1.82, 2.24) is 0 Å². The summed E-state index contributed by atoms with van der Waals surface area (Å²) in [6.45, 7) is 0. The van der Waals surface area contributed by atoms with Gasteiger partial charge in [0.15, 0.2) is 0 Å². The van der Waals surface area contributed by atoms with Gasteiger partial charge in [-0.3, -0.25) is 0 Å². The first kappa shape index (κ1) is 12.3. The molecule has 0 saturated heterocycles. The number of hydrogen-bond donors (Lipinski definition) is 1. The van der Waals surface area contributed by atoms with E-state index in [-0.39, 0.29) is 10.6 Å². The number of nitrogens with two attached hydrogens (primary N) is 1. The zero-order chi connectivity index (χ0) is 11.6. The minimum absolute atomic E-state index is 0.0910. The lowest BCUT2D eigenvalue weighted by Gasteiger charge is -2.16. The Hall–Kier alpha value is -0.810. The van der Waals surface area contributed by atoms with Gasteiger partial charge >= 0.3 is 6.18 Å². The number of halogens is 5. The van der Waals surface area contributed by atoms with Crippen LogP contribution in [0.25, 0.3) is 0 Å². The van der Waals surface area contributed by atoms with Crippen LogP contribution in [0.4, 0.5) is 17.6 Å². The number of alkyl halides is 3. The molecule has 0 aliphatic heterocycles. The van der Waals surface area contributed by atoms with Crippen molar-refractivity contribution in [3.63, 3.8) is 0 Å². The summed E-state index contributed by atoms with van der Waals surface area (Å²) >= 11 is 5.57. The van der Waals surface area contributed by atoms with Crippen molar-refractivity contribution in [3.05, 3.63) is 34.6 Å². The maximum atomic E-state index is 13.1. The fourth-order valence-electron chi connectivity index (χ4n) is 1.22. The van der Waals surface area contributed by atoms with Gasteiger partial charge in [0, 0.05) is 16.6 Å². The molecule has 0 saturated carbocycles. The monoisotopic (exact) mass is 241 g/mol. The molecule has 1 aromatic carbocycles. The van der Waals surface area contributed by atoms with Crippen LogP contribution in [0.3, 0.4) is 0 Å². The molecule has 0 fully saturated rings. The van der Waals surface area contributed by atoms with E-state index < -0.39 is 24.5 Å². The highest BCUT2D eigenvalue weighted by atomic mass is 35.5. The fraction of sp³-hybridized carbons (Fsp3) is 0.333. The first-order valence-electron chi connectivity index (χ1n) is 4.07. The second kappa shape index (κ2) is 4.37. The molecular weight excluding hydrogens is 234 g/mol. The first-order chi connectivity index (χ1) is 6.81. The van der Waals surface area contributed by atoms with Crippen molar-refractivity contribution in [2.45, 2.75) is 18.6 Å². The molecule has 0 unspecified atom stereocenters. The predicted octanol–water partition coefficient (Wildman–Crippen LogP) is 3.43. The van der Waals surface area contributed by atoms with Gasteiger partial charge in [0.05, 0.1) is 6.42 Å². The third kappa shape index (κ3) is 3.35. The largest absolute Gasteiger partial charge is 0.390 e. The van der Waals surface area contributed by atoms with Crippen LogP contribution in [-0.2, 0) is 0 Å². The van der Waals surface area contributed by atoms with Crippen LogP contribution >= 0.6 is 11.6 Å². The third-order valence-electron chi connectivity index (χ3n) is 1.82. The van der Waals surface area contributed by atoms with Gasteiger partial charge in [0.25, 0.3) is 0 Å². The van der Waals surface area contributed by atoms with Gasteiger partial charge < -0.3 is 5.73 Å². The zero-order valence-electron chi connectivity index (χ0n) is 7.48. The SMILES string of the molecule is N[C@@H](CC(F)(F)F)c1c(F)cccc1Cl. The Labute approximate surface area is 88.8 Å². The Morgan fingerprint density at radius 2 is 1.93 bits per heavy atom. The van der Waals surface area contributed by atoms with E-state index in [4.69, 9.17) is 17.3 Å². The molecule has 0 heterocycles. The Balaban J connectivity index is 2.96. The molecule has 1 nitrogen and oxygen atoms in total.